The van der Waals surface area contributed by atoms with Crippen LogP contribution in [-0.2, 0) is 9.53 Å². The summed E-state index contributed by atoms with van der Waals surface area (Å²) in [6.07, 6.45) is 4.47. The van der Waals surface area contributed by atoms with Crippen molar-refractivity contribution in [1.29, 1.82) is 0 Å². The first-order valence-electron chi connectivity index (χ1n) is 7.21. The van der Waals surface area contributed by atoms with Crippen LogP contribution in [0, 0.1) is 6.92 Å². The van der Waals surface area contributed by atoms with E-state index in [0.717, 1.165) is 5.69 Å². The monoisotopic (exact) mass is 330 g/mol. The van der Waals surface area contributed by atoms with E-state index in [4.69, 9.17) is 9.84 Å². The Morgan fingerprint density at radius 2 is 2.29 bits per heavy atom. The molecular formula is C16H18N4O4. The molecule has 0 aliphatic rings. The number of hydrogen-bond acceptors (Lipinski definition) is 5. The Bertz CT molecular complexity index is 728. The minimum Gasteiger partial charge on any atom is -0.480 e. The van der Waals surface area contributed by atoms with E-state index in [9.17, 15) is 9.59 Å². The van der Waals surface area contributed by atoms with Gasteiger partial charge in [-0.15, -0.1) is 6.58 Å². The standard InChI is InChI=1S/C16H18N4O4/c1-3-6-24-8-14(16(22)23)19-15(21)13-5-4-12(7-11(13)2)20-10-17-9-18-20/h3-5,7,9-10,14H,1,6,8H2,2H3,(H,19,21)(H,22,23). The van der Waals surface area contributed by atoms with Crippen molar-refractivity contribution in [2.75, 3.05) is 13.2 Å². The van der Waals surface area contributed by atoms with Crippen LogP contribution in [0.25, 0.3) is 5.69 Å². The predicted molar refractivity (Wildman–Crippen MR) is 86.0 cm³/mol. The zero-order valence-electron chi connectivity index (χ0n) is 13.2. The van der Waals surface area contributed by atoms with Gasteiger partial charge in [0.25, 0.3) is 5.91 Å². The highest BCUT2D eigenvalue weighted by Gasteiger charge is 2.21. The summed E-state index contributed by atoms with van der Waals surface area (Å²) in [5, 5.41) is 15.6. The fraction of sp³-hybridized carbons (Fsp3) is 0.250. The first-order valence-corrected chi connectivity index (χ1v) is 7.21. The van der Waals surface area contributed by atoms with Gasteiger partial charge in [0.15, 0.2) is 6.04 Å². The molecule has 1 unspecified atom stereocenters. The van der Waals surface area contributed by atoms with Crippen LogP contribution in [0.15, 0.2) is 43.5 Å². The van der Waals surface area contributed by atoms with E-state index in [0.29, 0.717) is 11.1 Å². The lowest BCUT2D eigenvalue weighted by Gasteiger charge is -2.15. The number of aryl methyl sites for hydroxylation is 1. The van der Waals surface area contributed by atoms with Crippen LogP contribution in [0.1, 0.15) is 15.9 Å². The number of aliphatic carboxylic acids is 1. The lowest BCUT2D eigenvalue weighted by molar-refractivity contribution is -0.140. The van der Waals surface area contributed by atoms with E-state index in [1.165, 1.54) is 12.4 Å². The van der Waals surface area contributed by atoms with E-state index in [1.807, 2.05) is 0 Å². The van der Waals surface area contributed by atoms with E-state index >= 15 is 0 Å². The molecule has 24 heavy (non-hydrogen) atoms. The number of carbonyl (C=O) groups excluding carboxylic acids is 1. The Balaban J connectivity index is 2.10. The Morgan fingerprint density at radius 1 is 1.50 bits per heavy atom. The normalized spacial score (nSPS) is 11.7. The molecule has 1 atom stereocenters. The van der Waals surface area contributed by atoms with Crippen LogP contribution in [0.2, 0.25) is 0 Å². The summed E-state index contributed by atoms with van der Waals surface area (Å²) in [6, 6.07) is 3.96. The topological polar surface area (TPSA) is 106 Å². The zero-order valence-corrected chi connectivity index (χ0v) is 13.2. The molecule has 1 aromatic carbocycles. The number of aromatic nitrogens is 3. The summed E-state index contributed by atoms with van der Waals surface area (Å²) in [7, 11) is 0. The SMILES string of the molecule is C=CCOCC(NC(=O)c1ccc(-n2cncn2)cc1C)C(=O)O. The summed E-state index contributed by atoms with van der Waals surface area (Å²) in [5.74, 6) is -1.64. The van der Waals surface area contributed by atoms with Gasteiger partial charge in [-0.25, -0.2) is 14.5 Å². The summed E-state index contributed by atoms with van der Waals surface area (Å²) in [6.45, 7) is 5.32. The largest absolute Gasteiger partial charge is 0.480 e. The summed E-state index contributed by atoms with van der Waals surface area (Å²) in [4.78, 5) is 27.4. The lowest BCUT2D eigenvalue weighted by atomic mass is 10.1. The van der Waals surface area contributed by atoms with Gasteiger partial charge in [-0.3, -0.25) is 4.79 Å². The maximum absolute atomic E-state index is 12.3. The van der Waals surface area contributed by atoms with Gasteiger partial charge in [0.1, 0.15) is 12.7 Å². The van der Waals surface area contributed by atoms with Crippen molar-refractivity contribution in [2.45, 2.75) is 13.0 Å². The van der Waals surface area contributed by atoms with E-state index in [2.05, 4.69) is 22.0 Å². The van der Waals surface area contributed by atoms with Gasteiger partial charge in [0.2, 0.25) is 0 Å². The lowest BCUT2D eigenvalue weighted by Crippen LogP contribution is -2.44. The van der Waals surface area contributed by atoms with Gasteiger partial charge in [0, 0.05) is 5.56 Å². The average molecular weight is 330 g/mol. The Kier molecular flexibility index (Phi) is 5.80. The van der Waals surface area contributed by atoms with Crippen molar-refractivity contribution in [3.8, 4) is 5.69 Å². The van der Waals surface area contributed by atoms with Crippen molar-refractivity contribution in [1.82, 2.24) is 20.1 Å². The molecule has 0 aliphatic carbocycles. The molecule has 2 aromatic rings. The number of hydrogen-bond donors (Lipinski definition) is 2. The molecule has 8 heteroatoms. The maximum Gasteiger partial charge on any atom is 0.328 e. The van der Waals surface area contributed by atoms with E-state index < -0.39 is 17.9 Å². The molecule has 0 bridgehead atoms. The highest BCUT2D eigenvalue weighted by Crippen LogP contribution is 2.14. The number of benzene rings is 1. The first-order chi connectivity index (χ1) is 11.5. The molecule has 1 aromatic heterocycles. The van der Waals surface area contributed by atoms with Crippen LogP contribution >= 0.6 is 0 Å². The summed E-state index contributed by atoms with van der Waals surface area (Å²) < 4.78 is 6.68. The van der Waals surface area contributed by atoms with Gasteiger partial charge in [-0.1, -0.05) is 6.08 Å². The van der Waals surface area contributed by atoms with Crippen molar-refractivity contribution in [3.05, 3.63) is 54.6 Å². The fourth-order valence-electron chi connectivity index (χ4n) is 2.07. The van der Waals surface area contributed by atoms with Crippen LogP contribution < -0.4 is 5.32 Å². The van der Waals surface area contributed by atoms with Gasteiger partial charge < -0.3 is 15.2 Å². The van der Waals surface area contributed by atoms with Crippen molar-refractivity contribution in [2.24, 2.45) is 0 Å². The number of rotatable bonds is 8. The minimum absolute atomic E-state index is 0.136. The minimum atomic E-state index is -1.16. The zero-order chi connectivity index (χ0) is 17.5. The molecule has 0 fully saturated rings. The van der Waals surface area contributed by atoms with Crippen molar-refractivity contribution in [3.63, 3.8) is 0 Å². The number of nitrogens with one attached hydrogen (secondary N) is 1. The number of carboxylic acids is 1. The molecule has 1 amide bonds. The molecule has 0 aliphatic heterocycles. The molecule has 1 heterocycles. The highest BCUT2D eigenvalue weighted by atomic mass is 16.5. The van der Waals surface area contributed by atoms with Gasteiger partial charge >= 0.3 is 5.97 Å². The number of carboxylic acid groups (broad SMARTS) is 1. The second-order valence-electron chi connectivity index (χ2n) is 5.03. The second kappa shape index (κ2) is 8.02. The third-order valence-corrected chi connectivity index (χ3v) is 3.26. The fourth-order valence-corrected chi connectivity index (χ4v) is 2.07. The van der Waals surface area contributed by atoms with Crippen LogP contribution in [0.5, 0.6) is 0 Å². The molecule has 0 saturated heterocycles. The number of nitrogens with zero attached hydrogens (tertiary/aromatic N) is 3. The molecule has 2 rings (SSSR count). The molecule has 0 spiro atoms. The summed E-state index contributed by atoms with van der Waals surface area (Å²) >= 11 is 0. The van der Waals surface area contributed by atoms with E-state index in [1.54, 1.807) is 36.1 Å². The quantitative estimate of drug-likeness (QED) is 0.551. The smallest absolute Gasteiger partial charge is 0.328 e. The molecular weight excluding hydrogens is 312 g/mol. The maximum atomic E-state index is 12.3. The molecule has 0 saturated carbocycles. The average Bonchev–Trinajstić information content (AvgIpc) is 3.08. The van der Waals surface area contributed by atoms with Gasteiger partial charge in [-0.2, -0.15) is 5.10 Å². The number of ether oxygens (including phenoxy) is 1. The highest BCUT2D eigenvalue weighted by molar-refractivity contribution is 5.98. The van der Waals surface area contributed by atoms with E-state index in [-0.39, 0.29) is 13.2 Å². The molecule has 0 radical (unpaired) electrons. The number of carbonyl (C=O) groups is 2. The van der Waals surface area contributed by atoms with Crippen LogP contribution in [-0.4, -0.2) is 51.0 Å². The third kappa shape index (κ3) is 4.26. The third-order valence-electron chi connectivity index (χ3n) is 3.26. The first kappa shape index (κ1) is 17.4. The van der Waals surface area contributed by atoms with Crippen LogP contribution in [0.3, 0.4) is 0 Å². The Labute approximate surface area is 138 Å². The molecule has 2 N–H and O–H groups in total. The Hall–Kier alpha value is -3.00. The van der Waals surface area contributed by atoms with Gasteiger partial charge in [0.05, 0.1) is 18.9 Å². The molecule has 126 valence electrons. The Morgan fingerprint density at radius 3 is 2.88 bits per heavy atom. The molecule has 8 nitrogen and oxygen atoms in total. The number of amides is 1. The van der Waals surface area contributed by atoms with Crippen molar-refractivity contribution >= 4 is 11.9 Å². The second-order valence-corrected chi connectivity index (χ2v) is 5.03. The van der Waals surface area contributed by atoms with Gasteiger partial charge in [-0.05, 0) is 30.7 Å². The summed E-state index contributed by atoms with van der Waals surface area (Å²) in [5.41, 5.74) is 1.83. The van der Waals surface area contributed by atoms with Crippen molar-refractivity contribution < 1.29 is 19.4 Å². The predicted octanol–water partition coefficient (Wildman–Crippen LogP) is 0.961. The van der Waals surface area contributed by atoms with Crippen LogP contribution in [0.4, 0.5) is 0 Å².